The molecule has 0 radical (unpaired) electrons. The summed E-state index contributed by atoms with van der Waals surface area (Å²) < 4.78 is 0. The predicted molar refractivity (Wildman–Crippen MR) is 105 cm³/mol. The van der Waals surface area contributed by atoms with Gasteiger partial charge < -0.3 is 15.1 Å². The molecule has 0 unspecified atom stereocenters. The molecule has 2 rings (SSSR count). The standard InChI is InChI=1S/C19H25N3O3S/c1-4-18(24)21(5-2)13-17(23)20-16-8-6-7-15(14(16)3)19(25)22-9-11-26-12-10-22/h4,6-8H,1,5,9-13H2,2-3H3,(H,20,23). The third kappa shape index (κ3) is 4.88. The van der Waals surface area contributed by atoms with E-state index in [-0.39, 0.29) is 24.3 Å². The second-order valence-electron chi connectivity index (χ2n) is 5.99. The normalized spacial score (nSPS) is 13.8. The number of rotatable bonds is 6. The van der Waals surface area contributed by atoms with Crippen LogP contribution >= 0.6 is 11.8 Å². The third-order valence-corrected chi connectivity index (χ3v) is 5.28. The zero-order valence-corrected chi connectivity index (χ0v) is 16.1. The molecule has 140 valence electrons. The number of carbonyl (C=O) groups excluding carboxylic acids is 3. The minimum absolute atomic E-state index is 0.00378. The minimum Gasteiger partial charge on any atom is -0.337 e. The van der Waals surface area contributed by atoms with Gasteiger partial charge in [-0.3, -0.25) is 14.4 Å². The molecule has 3 amide bonds. The van der Waals surface area contributed by atoms with Gasteiger partial charge in [-0.2, -0.15) is 11.8 Å². The number of nitrogens with one attached hydrogen (secondary N) is 1. The first-order valence-corrected chi connectivity index (χ1v) is 9.81. The fourth-order valence-corrected chi connectivity index (χ4v) is 3.68. The number of carbonyl (C=O) groups is 3. The molecule has 1 aromatic rings. The van der Waals surface area contributed by atoms with Crippen LogP contribution in [-0.4, -0.2) is 65.2 Å². The molecule has 26 heavy (non-hydrogen) atoms. The number of amides is 3. The molecule has 7 heteroatoms. The SMILES string of the molecule is C=CC(=O)N(CC)CC(=O)Nc1cccc(C(=O)N2CCSCC2)c1C. The number of benzene rings is 1. The van der Waals surface area contributed by atoms with Crippen molar-refractivity contribution >= 4 is 35.2 Å². The molecule has 6 nitrogen and oxygen atoms in total. The van der Waals surface area contributed by atoms with Gasteiger partial charge >= 0.3 is 0 Å². The Morgan fingerprint density at radius 2 is 2.00 bits per heavy atom. The average molecular weight is 375 g/mol. The number of hydrogen-bond acceptors (Lipinski definition) is 4. The van der Waals surface area contributed by atoms with Gasteiger partial charge in [0.25, 0.3) is 5.91 Å². The molecule has 1 heterocycles. The number of hydrogen-bond donors (Lipinski definition) is 1. The van der Waals surface area contributed by atoms with Crippen molar-refractivity contribution in [3.05, 3.63) is 42.0 Å². The van der Waals surface area contributed by atoms with Crippen molar-refractivity contribution in [3.63, 3.8) is 0 Å². The van der Waals surface area contributed by atoms with Gasteiger partial charge in [0.2, 0.25) is 11.8 Å². The summed E-state index contributed by atoms with van der Waals surface area (Å²) in [7, 11) is 0. The first-order valence-electron chi connectivity index (χ1n) is 8.65. The van der Waals surface area contributed by atoms with E-state index in [0.29, 0.717) is 17.8 Å². The molecule has 0 aliphatic carbocycles. The van der Waals surface area contributed by atoms with Crippen LogP contribution in [0.2, 0.25) is 0 Å². The summed E-state index contributed by atoms with van der Waals surface area (Å²) in [4.78, 5) is 40.0. The highest BCUT2D eigenvalue weighted by Gasteiger charge is 2.21. The lowest BCUT2D eigenvalue weighted by atomic mass is 10.1. The predicted octanol–water partition coefficient (Wildman–Crippen LogP) is 2.16. The van der Waals surface area contributed by atoms with Crippen molar-refractivity contribution < 1.29 is 14.4 Å². The van der Waals surface area contributed by atoms with Crippen LogP contribution in [0.3, 0.4) is 0 Å². The van der Waals surface area contributed by atoms with E-state index in [1.165, 1.54) is 11.0 Å². The average Bonchev–Trinajstić information content (AvgIpc) is 2.67. The molecule has 1 saturated heterocycles. The summed E-state index contributed by atoms with van der Waals surface area (Å²) in [6.07, 6.45) is 1.19. The van der Waals surface area contributed by atoms with Crippen LogP contribution in [0.15, 0.2) is 30.9 Å². The molecular formula is C19H25N3O3S. The van der Waals surface area contributed by atoms with Gasteiger partial charge in [-0.15, -0.1) is 0 Å². The quantitative estimate of drug-likeness (QED) is 0.774. The maximum Gasteiger partial charge on any atom is 0.254 e. The highest BCUT2D eigenvalue weighted by molar-refractivity contribution is 7.99. The van der Waals surface area contributed by atoms with Gasteiger partial charge in [0.15, 0.2) is 0 Å². The van der Waals surface area contributed by atoms with Crippen molar-refractivity contribution in [3.8, 4) is 0 Å². The van der Waals surface area contributed by atoms with E-state index in [1.807, 2.05) is 23.6 Å². The van der Waals surface area contributed by atoms with E-state index in [0.717, 1.165) is 30.2 Å². The number of thioether (sulfide) groups is 1. The van der Waals surface area contributed by atoms with Crippen molar-refractivity contribution in [2.24, 2.45) is 0 Å². The van der Waals surface area contributed by atoms with Crippen molar-refractivity contribution in [1.82, 2.24) is 9.80 Å². The van der Waals surface area contributed by atoms with Gasteiger partial charge in [0.1, 0.15) is 6.54 Å². The van der Waals surface area contributed by atoms with Gasteiger partial charge in [0.05, 0.1) is 0 Å². The smallest absolute Gasteiger partial charge is 0.254 e. The summed E-state index contributed by atoms with van der Waals surface area (Å²) in [6.45, 7) is 8.93. The molecule has 1 N–H and O–H groups in total. The lowest BCUT2D eigenvalue weighted by molar-refractivity contribution is -0.130. The maximum atomic E-state index is 12.8. The minimum atomic E-state index is -0.302. The topological polar surface area (TPSA) is 69.7 Å². The lowest BCUT2D eigenvalue weighted by Crippen LogP contribution is -2.38. The Morgan fingerprint density at radius 1 is 1.31 bits per heavy atom. The number of likely N-dealkylation sites (N-methyl/N-ethyl adjacent to an activating group) is 1. The van der Waals surface area contributed by atoms with Crippen LogP contribution in [0.4, 0.5) is 5.69 Å². The largest absolute Gasteiger partial charge is 0.337 e. The molecular weight excluding hydrogens is 350 g/mol. The Balaban J connectivity index is 2.10. The molecule has 1 aliphatic rings. The Morgan fingerprint density at radius 3 is 2.62 bits per heavy atom. The second-order valence-corrected chi connectivity index (χ2v) is 7.21. The Bertz CT molecular complexity index is 699. The van der Waals surface area contributed by atoms with Crippen LogP contribution in [0.1, 0.15) is 22.8 Å². The molecule has 0 spiro atoms. The van der Waals surface area contributed by atoms with E-state index in [1.54, 1.807) is 25.1 Å². The molecule has 1 aliphatic heterocycles. The van der Waals surface area contributed by atoms with Gasteiger partial charge in [-0.05, 0) is 37.6 Å². The van der Waals surface area contributed by atoms with Crippen LogP contribution in [0.25, 0.3) is 0 Å². The number of nitrogens with zero attached hydrogens (tertiary/aromatic N) is 2. The Kier molecular flexibility index (Phi) is 7.26. The third-order valence-electron chi connectivity index (χ3n) is 4.34. The lowest BCUT2D eigenvalue weighted by Gasteiger charge is -2.27. The highest BCUT2D eigenvalue weighted by Crippen LogP contribution is 2.22. The van der Waals surface area contributed by atoms with Crippen LogP contribution < -0.4 is 5.32 Å². The maximum absolute atomic E-state index is 12.8. The molecule has 1 aromatic carbocycles. The van der Waals surface area contributed by atoms with Gasteiger partial charge in [-0.25, -0.2) is 0 Å². The Labute approximate surface area is 158 Å². The molecule has 0 aromatic heterocycles. The van der Waals surface area contributed by atoms with Gasteiger partial charge in [0, 0.05) is 42.4 Å². The summed E-state index contributed by atoms with van der Waals surface area (Å²) in [5.74, 6) is 1.31. The fraction of sp³-hybridized carbons (Fsp3) is 0.421. The first-order chi connectivity index (χ1) is 12.5. The van der Waals surface area contributed by atoms with E-state index in [4.69, 9.17) is 0 Å². The van der Waals surface area contributed by atoms with Crippen LogP contribution in [0, 0.1) is 6.92 Å². The summed E-state index contributed by atoms with van der Waals surface area (Å²) >= 11 is 1.85. The molecule has 0 saturated carbocycles. The van der Waals surface area contributed by atoms with E-state index < -0.39 is 0 Å². The van der Waals surface area contributed by atoms with E-state index in [2.05, 4.69) is 11.9 Å². The summed E-state index contributed by atoms with van der Waals surface area (Å²) in [5, 5.41) is 2.81. The first kappa shape index (κ1) is 20.0. The van der Waals surface area contributed by atoms with Crippen LogP contribution in [-0.2, 0) is 9.59 Å². The highest BCUT2D eigenvalue weighted by atomic mass is 32.2. The van der Waals surface area contributed by atoms with Crippen molar-refractivity contribution in [2.45, 2.75) is 13.8 Å². The van der Waals surface area contributed by atoms with Gasteiger partial charge in [-0.1, -0.05) is 12.6 Å². The monoisotopic (exact) mass is 375 g/mol. The summed E-state index contributed by atoms with van der Waals surface area (Å²) in [5.41, 5.74) is 1.93. The zero-order chi connectivity index (χ0) is 19.1. The molecule has 0 atom stereocenters. The van der Waals surface area contributed by atoms with E-state index in [9.17, 15) is 14.4 Å². The fourth-order valence-electron chi connectivity index (χ4n) is 2.78. The molecule has 0 bridgehead atoms. The van der Waals surface area contributed by atoms with E-state index >= 15 is 0 Å². The van der Waals surface area contributed by atoms with Crippen LogP contribution in [0.5, 0.6) is 0 Å². The van der Waals surface area contributed by atoms with Crippen molar-refractivity contribution in [2.75, 3.05) is 43.0 Å². The number of anilines is 1. The zero-order valence-electron chi connectivity index (χ0n) is 15.3. The summed E-state index contributed by atoms with van der Waals surface area (Å²) in [6, 6.07) is 5.32. The Hall–Kier alpha value is -2.28. The molecule has 1 fully saturated rings. The van der Waals surface area contributed by atoms with Crippen molar-refractivity contribution in [1.29, 1.82) is 0 Å². The second kappa shape index (κ2) is 9.43.